The maximum absolute atomic E-state index is 12.4. The van der Waals surface area contributed by atoms with Crippen molar-refractivity contribution in [2.45, 2.75) is 26.3 Å². The Morgan fingerprint density at radius 3 is 2.77 bits per heavy atom. The average molecular weight is 295 g/mol. The fourth-order valence-corrected chi connectivity index (χ4v) is 2.75. The van der Waals surface area contributed by atoms with Crippen LogP contribution in [-0.4, -0.2) is 28.9 Å². The van der Waals surface area contributed by atoms with Crippen LogP contribution in [0.5, 0.6) is 0 Å². The van der Waals surface area contributed by atoms with Crippen LogP contribution in [0.4, 0.5) is 5.69 Å². The van der Waals surface area contributed by atoms with Crippen molar-refractivity contribution in [3.8, 4) is 0 Å². The van der Waals surface area contributed by atoms with Gasteiger partial charge in [-0.2, -0.15) is 0 Å². The Balaban J connectivity index is 1.68. The lowest BCUT2D eigenvalue weighted by Crippen LogP contribution is -2.28. The van der Waals surface area contributed by atoms with Gasteiger partial charge in [0.05, 0.1) is 0 Å². The third-order valence-corrected chi connectivity index (χ3v) is 4.12. The first-order valence-corrected chi connectivity index (χ1v) is 7.78. The van der Waals surface area contributed by atoms with Gasteiger partial charge in [0.1, 0.15) is 5.69 Å². The van der Waals surface area contributed by atoms with Gasteiger partial charge >= 0.3 is 0 Å². The van der Waals surface area contributed by atoms with E-state index in [0.717, 1.165) is 38.2 Å². The number of aromatic nitrogens is 1. The van der Waals surface area contributed by atoms with E-state index >= 15 is 0 Å². The minimum Gasteiger partial charge on any atom is -0.381 e. The highest BCUT2D eigenvalue weighted by Gasteiger charge is 2.20. The van der Waals surface area contributed by atoms with E-state index in [2.05, 4.69) is 29.4 Å². The molecule has 0 atom stereocenters. The SMILES string of the molecule is Cc1ccccc1CNc1ccnc(C(=O)N2CCCC2)c1. The lowest BCUT2D eigenvalue weighted by molar-refractivity contribution is 0.0787. The average Bonchev–Trinajstić information content (AvgIpc) is 3.08. The van der Waals surface area contributed by atoms with Gasteiger partial charge in [0.25, 0.3) is 5.91 Å². The second-order valence-corrected chi connectivity index (χ2v) is 5.71. The number of aryl methyl sites for hydroxylation is 1. The van der Waals surface area contributed by atoms with Crippen LogP contribution in [0.2, 0.25) is 0 Å². The van der Waals surface area contributed by atoms with E-state index < -0.39 is 0 Å². The second-order valence-electron chi connectivity index (χ2n) is 5.71. The highest BCUT2D eigenvalue weighted by atomic mass is 16.2. The fourth-order valence-electron chi connectivity index (χ4n) is 2.75. The molecule has 0 radical (unpaired) electrons. The zero-order valence-electron chi connectivity index (χ0n) is 12.9. The molecule has 4 heteroatoms. The first-order chi connectivity index (χ1) is 10.7. The second kappa shape index (κ2) is 6.60. The smallest absolute Gasteiger partial charge is 0.272 e. The highest BCUT2D eigenvalue weighted by Crippen LogP contribution is 2.16. The van der Waals surface area contributed by atoms with Crippen molar-refractivity contribution in [1.82, 2.24) is 9.88 Å². The fraction of sp³-hybridized carbons (Fsp3) is 0.333. The van der Waals surface area contributed by atoms with Crippen LogP contribution >= 0.6 is 0 Å². The van der Waals surface area contributed by atoms with Crippen molar-refractivity contribution in [3.63, 3.8) is 0 Å². The molecule has 1 aliphatic heterocycles. The minimum absolute atomic E-state index is 0.0389. The van der Waals surface area contributed by atoms with Crippen LogP contribution in [-0.2, 0) is 6.54 Å². The van der Waals surface area contributed by atoms with Gasteiger partial charge in [-0.25, -0.2) is 0 Å². The largest absolute Gasteiger partial charge is 0.381 e. The number of rotatable bonds is 4. The van der Waals surface area contributed by atoms with Crippen molar-refractivity contribution >= 4 is 11.6 Å². The molecule has 0 saturated carbocycles. The summed E-state index contributed by atoms with van der Waals surface area (Å²) >= 11 is 0. The first kappa shape index (κ1) is 14.6. The summed E-state index contributed by atoms with van der Waals surface area (Å²) in [5, 5.41) is 3.38. The van der Waals surface area contributed by atoms with Crippen molar-refractivity contribution < 1.29 is 4.79 Å². The van der Waals surface area contributed by atoms with Crippen LogP contribution in [0.3, 0.4) is 0 Å². The van der Waals surface area contributed by atoms with Crippen molar-refractivity contribution in [2.75, 3.05) is 18.4 Å². The van der Waals surface area contributed by atoms with E-state index in [1.165, 1.54) is 11.1 Å². The van der Waals surface area contributed by atoms with Gasteiger partial charge in [-0.05, 0) is 43.0 Å². The number of amides is 1. The molecule has 1 aromatic carbocycles. The minimum atomic E-state index is 0.0389. The van der Waals surface area contributed by atoms with Crippen LogP contribution in [0, 0.1) is 6.92 Å². The number of nitrogens with zero attached hydrogens (tertiary/aromatic N) is 2. The number of carbonyl (C=O) groups excluding carboxylic acids is 1. The van der Waals surface area contributed by atoms with Gasteiger partial charge in [0, 0.05) is 31.5 Å². The summed E-state index contributed by atoms with van der Waals surface area (Å²) in [7, 11) is 0. The van der Waals surface area contributed by atoms with Crippen molar-refractivity contribution in [2.24, 2.45) is 0 Å². The maximum atomic E-state index is 12.4. The van der Waals surface area contributed by atoms with Gasteiger partial charge in [0.2, 0.25) is 0 Å². The number of hydrogen-bond donors (Lipinski definition) is 1. The molecule has 1 saturated heterocycles. The standard InChI is InChI=1S/C18H21N3O/c1-14-6-2-3-7-15(14)13-20-16-8-9-19-17(12-16)18(22)21-10-4-5-11-21/h2-3,6-9,12H,4-5,10-11,13H2,1H3,(H,19,20). The number of pyridine rings is 1. The van der Waals surface area contributed by atoms with Gasteiger partial charge in [-0.1, -0.05) is 24.3 Å². The highest BCUT2D eigenvalue weighted by molar-refractivity contribution is 5.93. The molecular weight excluding hydrogens is 274 g/mol. The van der Waals surface area contributed by atoms with Gasteiger partial charge in [0.15, 0.2) is 0 Å². The molecule has 0 unspecified atom stereocenters. The third kappa shape index (κ3) is 3.27. The maximum Gasteiger partial charge on any atom is 0.272 e. The Labute approximate surface area is 131 Å². The van der Waals surface area contributed by atoms with Crippen LogP contribution in [0.1, 0.15) is 34.5 Å². The lowest BCUT2D eigenvalue weighted by atomic mass is 10.1. The molecule has 2 aromatic rings. The first-order valence-electron chi connectivity index (χ1n) is 7.78. The molecule has 0 bridgehead atoms. The molecule has 2 heterocycles. The zero-order chi connectivity index (χ0) is 15.4. The summed E-state index contributed by atoms with van der Waals surface area (Å²) in [6, 6.07) is 12.0. The number of hydrogen-bond acceptors (Lipinski definition) is 3. The summed E-state index contributed by atoms with van der Waals surface area (Å²) in [6.45, 7) is 4.54. The molecule has 3 rings (SSSR count). The topological polar surface area (TPSA) is 45.2 Å². The number of nitrogens with one attached hydrogen (secondary N) is 1. The number of likely N-dealkylation sites (tertiary alicyclic amines) is 1. The number of anilines is 1. The number of carbonyl (C=O) groups is 1. The van der Waals surface area contributed by atoms with Crippen LogP contribution in [0.25, 0.3) is 0 Å². The Morgan fingerprint density at radius 1 is 1.23 bits per heavy atom. The van der Waals surface area contributed by atoms with Crippen LogP contribution in [0.15, 0.2) is 42.6 Å². The molecule has 1 N–H and O–H groups in total. The van der Waals surface area contributed by atoms with Gasteiger partial charge in [-0.3, -0.25) is 9.78 Å². The molecule has 1 aliphatic rings. The summed E-state index contributed by atoms with van der Waals surface area (Å²) in [4.78, 5) is 18.5. The van der Waals surface area contributed by atoms with E-state index in [9.17, 15) is 4.79 Å². The Kier molecular flexibility index (Phi) is 4.37. The summed E-state index contributed by atoms with van der Waals surface area (Å²) in [5.74, 6) is 0.0389. The number of benzene rings is 1. The van der Waals surface area contributed by atoms with E-state index in [1.807, 2.05) is 29.2 Å². The predicted octanol–water partition coefficient (Wildman–Crippen LogP) is 3.24. The van der Waals surface area contributed by atoms with Crippen molar-refractivity contribution in [3.05, 3.63) is 59.4 Å². The molecule has 1 amide bonds. The molecule has 1 aromatic heterocycles. The molecule has 0 aliphatic carbocycles. The monoisotopic (exact) mass is 295 g/mol. The lowest BCUT2D eigenvalue weighted by Gasteiger charge is -2.15. The molecule has 114 valence electrons. The van der Waals surface area contributed by atoms with Gasteiger partial charge < -0.3 is 10.2 Å². The molecule has 4 nitrogen and oxygen atoms in total. The summed E-state index contributed by atoms with van der Waals surface area (Å²) in [5.41, 5.74) is 3.97. The Morgan fingerprint density at radius 2 is 2.00 bits per heavy atom. The summed E-state index contributed by atoms with van der Waals surface area (Å²) in [6.07, 6.45) is 3.89. The van der Waals surface area contributed by atoms with E-state index in [-0.39, 0.29) is 5.91 Å². The van der Waals surface area contributed by atoms with Crippen LogP contribution < -0.4 is 5.32 Å². The summed E-state index contributed by atoms with van der Waals surface area (Å²) < 4.78 is 0. The quantitative estimate of drug-likeness (QED) is 0.942. The Bertz CT molecular complexity index is 663. The van der Waals surface area contributed by atoms with E-state index in [0.29, 0.717) is 5.69 Å². The predicted molar refractivity (Wildman–Crippen MR) is 87.9 cm³/mol. The van der Waals surface area contributed by atoms with Crippen molar-refractivity contribution in [1.29, 1.82) is 0 Å². The molecule has 1 fully saturated rings. The normalized spacial score (nSPS) is 14.1. The van der Waals surface area contributed by atoms with Gasteiger partial charge in [-0.15, -0.1) is 0 Å². The molecule has 0 spiro atoms. The zero-order valence-corrected chi connectivity index (χ0v) is 12.9. The third-order valence-electron chi connectivity index (χ3n) is 4.12. The van der Waals surface area contributed by atoms with E-state index in [1.54, 1.807) is 6.20 Å². The Hall–Kier alpha value is -2.36. The van der Waals surface area contributed by atoms with E-state index in [4.69, 9.17) is 0 Å². The molecule has 22 heavy (non-hydrogen) atoms. The molecular formula is C18H21N3O.